The molecule has 4 amide bonds. The van der Waals surface area contributed by atoms with Crippen molar-refractivity contribution in [2.24, 2.45) is 0 Å². The summed E-state index contributed by atoms with van der Waals surface area (Å²) in [4.78, 5) is 73.4. The first kappa shape index (κ1) is 31.2. The van der Waals surface area contributed by atoms with E-state index in [1.807, 2.05) is 0 Å². The normalized spacial score (nSPS) is 20.9. The summed E-state index contributed by atoms with van der Waals surface area (Å²) < 4.78 is 22.1. The van der Waals surface area contributed by atoms with Crippen LogP contribution in [0, 0.1) is 5.82 Å². The number of carbonyl (C=O) groups is 6. The van der Waals surface area contributed by atoms with E-state index in [0.29, 0.717) is 22.9 Å². The summed E-state index contributed by atoms with van der Waals surface area (Å²) in [5.41, 5.74) is 1.37. The van der Waals surface area contributed by atoms with E-state index < -0.39 is 53.2 Å². The number of aromatic nitrogens is 1. The quantitative estimate of drug-likeness (QED) is 0.163. The van der Waals surface area contributed by atoms with Gasteiger partial charge in [-0.15, -0.1) is 11.8 Å². The van der Waals surface area contributed by atoms with Crippen LogP contribution in [0.25, 0.3) is 11.1 Å². The fourth-order valence-electron chi connectivity index (χ4n) is 5.12. The van der Waals surface area contributed by atoms with Gasteiger partial charge in [0.25, 0.3) is 5.91 Å². The van der Waals surface area contributed by atoms with Crippen LogP contribution in [0.1, 0.15) is 6.92 Å². The molecule has 2 fully saturated rings. The van der Waals surface area contributed by atoms with Gasteiger partial charge in [-0.2, -0.15) is 0 Å². The Labute approximate surface area is 259 Å². The van der Waals surface area contributed by atoms with Crippen molar-refractivity contribution in [3.8, 4) is 11.1 Å². The van der Waals surface area contributed by atoms with Crippen LogP contribution < -0.4 is 20.1 Å². The van der Waals surface area contributed by atoms with Crippen molar-refractivity contribution in [3.05, 3.63) is 72.0 Å². The molecule has 2 aromatic rings. The van der Waals surface area contributed by atoms with Gasteiger partial charge >= 0.3 is 18.0 Å². The van der Waals surface area contributed by atoms with Gasteiger partial charge in [0.05, 0.1) is 18.8 Å². The lowest BCUT2D eigenvalue weighted by Crippen LogP contribution is -2.70. The van der Waals surface area contributed by atoms with E-state index in [4.69, 9.17) is 9.84 Å². The van der Waals surface area contributed by atoms with E-state index in [2.05, 4.69) is 10.6 Å². The maximum atomic E-state index is 15.2. The second-order valence-corrected chi connectivity index (χ2v) is 11.4. The van der Waals surface area contributed by atoms with Crippen LogP contribution in [0.3, 0.4) is 0 Å². The standard InChI is InChI=1S/C29H26FN5O9S/c1-15(36)31-11-19-13-34(29(43)44-19)18-2-3-20(21(30)10-18)16-6-8-33(9-7-16)12-17-14-45-27-24(32-22(37)4-5-23(38)39)26(40)35(27)25(17)28(41)42/h2-10,19,24,27H,11-14H2,1H3,(H3-,31,32,36,37,38,39,41,42)/p+1/b5-4+/t19-,24+,27?/m0/s1. The number of carboxylic acid groups (broad SMARTS) is 2. The molecule has 0 saturated carbocycles. The van der Waals surface area contributed by atoms with Crippen molar-refractivity contribution >= 4 is 53.2 Å². The van der Waals surface area contributed by atoms with Gasteiger partial charge in [-0.25, -0.2) is 23.3 Å². The van der Waals surface area contributed by atoms with E-state index >= 15 is 4.39 Å². The number of nitrogens with one attached hydrogen (secondary N) is 2. The highest BCUT2D eigenvalue weighted by Crippen LogP contribution is 2.40. The van der Waals surface area contributed by atoms with E-state index in [1.54, 1.807) is 35.2 Å². The third kappa shape index (κ3) is 6.64. The van der Waals surface area contributed by atoms with E-state index in [9.17, 15) is 33.9 Å². The molecule has 14 nitrogen and oxygen atoms in total. The molecule has 234 valence electrons. The van der Waals surface area contributed by atoms with Crippen LogP contribution in [0.2, 0.25) is 0 Å². The Morgan fingerprint density at radius 1 is 1.13 bits per heavy atom. The Morgan fingerprint density at radius 2 is 1.87 bits per heavy atom. The van der Waals surface area contributed by atoms with Crippen molar-refractivity contribution in [2.45, 2.75) is 31.0 Å². The van der Waals surface area contributed by atoms with Crippen LogP contribution in [0.5, 0.6) is 0 Å². The summed E-state index contributed by atoms with van der Waals surface area (Å²) in [6, 6.07) is 6.65. The number of thioether (sulfide) groups is 1. The molecule has 0 aliphatic carbocycles. The number of cyclic esters (lactones) is 1. The zero-order valence-corrected chi connectivity index (χ0v) is 24.5. The van der Waals surface area contributed by atoms with Crippen LogP contribution in [0.15, 0.2) is 66.1 Å². The monoisotopic (exact) mass is 640 g/mol. The first-order valence-electron chi connectivity index (χ1n) is 13.6. The Kier molecular flexibility index (Phi) is 8.85. The highest BCUT2D eigenvalue weighted by atomic mass is 32.2. The number of benzene rings is 1. The maximum Gasteiger partial charge on any atom is 0.414 e. The van der Waals surface area contributed by atoms with Gasteiger partial charge < -0.3 is 25.6 Å². The molecule has 16 heteroatoms. The molecule has 1 aromatic heterocycles. The number of hydrogen-bond acceptors (Lipinski definition) is 8. The number of fused-ring (bicyclic) bond motifs is 1. The smallest absolute Gasteiger partial charge is 0.414 e. The zero-order valence-electron chi connectivity index (χ0n) is 23.6. The molecule has 5 rings (SSSR count). The first-order chi connectivity index (χ1) is 21.4. The summed E-state index contributed by atoms with van der Waals surface area (Å²) in [5.74, 6) is -4.62. The topological polar surface area (TPSA) is 187 Å². The Bertz CT molecular complexity index is 1660. The Balaban J connectivity index is 1.26. The van der Waals surface area contributed by atoms with E-state index in [1.165, 1.54) is 35.7 Å². The molecule has 4 heterocycles. The average Bonchev–Trinajstić information content (AvgIpc) is 3.38. The number of rotatable bonds is 10. The zero-order chi connectivity index (χ0) is 32.4. The van der Waals surface area contributed by atoms with Gasteiger partial charge in [0.1, 0.15) is 29.0 Å². The minimum atomic E-state index is -1.33. The fraction of sp³-hybridized carbons (Fsp3) is 0.276. The van der Waals surface area contributed by atoms with Crippen LogP contribution in [-0.2, 0) is 35.3 Å². The number of carboxylic acids is 2. The van der Waals surface area contributed by atoms with Crippen LogP contribution in [0.4, 0.5) is 14.9 Å². The number of hydrogen-bond donors (Lipinski definition) is 4. The summed E-state index contributed by atoms with van der Waals surface area (Å²) in [7, 11) is 0. The largest absolute Gasteiger partial charge is 0.478 e. The second kappa shape index (κ2) is 12.8. The Morgan fingerprint density at radius 3 is 2.51 bits per heavy atom. The first-order valence-corrected chi connectivity index (χ1v) is 14.6. The summed E-state index contributed by atoms with van der Waals surface area (Å²) in [6.45, 7) is 1.78. The molecule has 4 N–H and O–H groups in total. The van der Waals surface area contributed by atoms with Gasteiger partial charge in [-0.3, -0.25) is 24.2 Å². The molecule has 1 aromatic carbocycles. The third-order valence-electron chi connectivity index (χ3n) is 7.22. The van der Waals surface area contributed by atoms with Gasteiger partial charge in [0.15, 0.2) is 18.9 Å². The van der Waals surface area contributed by atoms with Crippen LogP contribution >= 0.6 is 11.8 Å². The minimum absolute atomic E-state index is 0.127. The summed E-state index contributed by atoms with van der Waals surface area (Å²) >= 11 is 1.27. The van der Waals surface area contributed by atoms with Gasteiger partial charge in [-0.05, 0) is 23.8 Å². The number of pyridine rings is 1. The van der Waals surface area contributed by atoms with Crippen LogP contribution in [-0.4, -0.2) is 87.2 Å². The molecule has 0 spiro atoms. The fourth-order valence-corrected chi connectivity index (χ4v) is 6.45. The van der Waals surface area contributed by atoms with Crippen molar-refractivity contribution in [1.82, 2.24) is 15.5 Å². The number of halogens is 1. The van der Waals surface area contributed by atoms with E-state index in [-0.39, 0.29) is 42.6 Å². The number of anilines is 1. The molecule has 2 saturated heterocycles. The SMILES string of the molecule is CC(=O)NC[C@H]1CN(c2ccc(-c3cc[n+](CC4=C(C(=O)O)N5C(=O)[C@@H](NC(=O)/C=C/C(=O)O)C5SC4)cc3)c(F)c2)C(=O)O1. The molecular formula is C29H27FN5O9S+. The van der Waals surface area contributed by atoms with Crippen molar-refractivity contribution < 1.29 is 52.7 Å². The molecule has 45 heavy (non-hydrogen) atoms. The van der Waals surface area contributed by atoms with Gasteiger partial charge in [-0.1, -0.05) is 0 Å². The molecular weight excluding hydrogens is 613 g/mol. The Hall–Kier alpha value is -5.25. The number of nitrogens with zero attached hydrogens (tertiary/aromatic N) is 3. The minimum Gasteiger partial charge on any atom is -0.478 e. The van der Waals surface area contributed by atoms with Crippen molar-refractivity contribution in [2.75, 3.05) is 23.7 Å². The molecule has 0 radical (unpaired) electrons. The average molecular weight is 641 g/mol. The maximum absolute atomic E-state index is 15.2. The molecule has 3 atom stereocenters. The number of ether oxygens (including phenoxy) is 1. The predicted octanol–water partition coefficient (Wildman–Crippen LogP) is 0.621. The molecule has 3 aliphatic heterocycles. The highest BCUT2D eigenvalue weighted by Gasteiger charge is 2.54. The number of aliphatic carboxylic acids is 2. The lowest BCUT2D eigenvalue weighted by atomic mass is 10.0. The highest BCUT2D eigenvalue weighted by molar-refractivity contribution is 8.00. The lowest BCUT2D eigenvalue weighted by Gasteiger charge is -2.49. The lowest BCUT2D eigenvalue weighted by molar-refractivity contribution is -0.689. The summed E-state index contributed by atoms with van der Waals surface area (Å²) in [5, 5.41) is 22.9. The van der Waals surface area contributed by atoms with Gasteiger partial charge in [0, 0.05) is 48.1 Å². The second-order valence-electron chi connectivity index (χ2n) is 10.3. The predicted molar refractivity (Wildman–Crippen MR) is 155 cm³/mol. The number of amides is 4. The van der Waals surface area contributed by atoms with Crippen molar-refractivity contribution in [3.63, 3.8) is 0 Å². The molecule has 1 unspecified atom stereocenters. The number of carbonyl (C=O) groups excluding carboxylic acids is 4. The van der Waals surface area contributed by atoms with Crippen molar-refractivity contribution in [1.29, 1.82) is 0 Å². The third-order valence-corrected chi connectivity index (χ3v) is 8.56. The van der Waals surface area contributed by atoms with E-state index in [0.717, 1.165) is 11.0 Å². The summed E-state index contributed by atoms with van der Waals surface area (Å²) in [6.07, 6.45) is 3.50. The molecule has 0 bridgehead atoms. The molecule has 3 aliphatic rings. The number of β-lactam (4-membered cyclic amide) rings is 1. The van der Waals surface area contributed by atoms with Gasteiger partial charge in [0.2, 0.25) is 11.8 Å².